The summed E-state index contributed by atoms with van der Waals surface area (Å²) in [6.07, 6.45) is 4.25. The largest absolute Gasteiger partial charge is 0.468 e. The van der Waals surface area contributed by atoms with Crippen molar-refractivity contribution in [1.82, 2.24) is 9.88 Å². The molecule has 1 fully saturated rings. The second-order valence-electron chi connectivity index (χ2n) is 4.67. The molecule has 0 amide bonds. The van der Waals surface area contributed by atoms with E-state index in [1.165, 1.54) is 12.8 Å². The van der Waals surface area contributed by atoms with Crippen LogP contribution < -0.4 is 0 Å². The van der Waals surface area contributed by atoms with E-state index in [1.807, 2.05) is 24.3 Å². The molecule has 3 nitrogen and oxygen atoms in total. The summed E-state index contributed by atoms with van der Waals surface area (Å²) >= 11 is 5.92. The van der Waals surface area contributed by atoms with E-state index in [9.17, 15) is 0 Å². The van der Waals surface area contributed by atoms with Gasteiger partial charge in [0, 0.05) is 12.6 Å². The molecule has 0 unspecified atom stereocenters. The first kappa shape index (κ1) is 11.8. The normalized spacial score (nSPS) is 15.2. The molecule has 3 rings (SSSR count). The zero-order valence-corrected chi connectivity index (χ0v) is 10.8. The molecule has 0 bridgehead atoms. The van der Waals surface area contributed by atoms with Crippen LogP contribution in [-0.4, -0.2) is 15.9 Å². The maximum Gasteiger partial charge on any atom is 0.129 e. The average molecular weight is 263 g/mol. The minimum Gasteiger partial charge on any atom is -0.468 e. The zero-order valence-electron chi connectivity index (χ0n) is 10.1. The molecule has 2 heterocycles. The Bertz CT molecular complexity index is 508. The van der Waals surface area contributed by atoms with E-state index in [2.05, 4.69) is 9.88 Å². The van der Waals surface area contributed by atoms with Crippen molar-refractivity contribution in [1.29, 1.82) is 0 Å². The monoisotopic (exact) mass is 262 g/mol. The van der Waals surface area contributed by atoms with Gasteiger partial charge in [0.15, 0.2) is 0 Å². The first-order valence-electron chi connectivity index (χ1n) is 6.19. The molecule has 2 aromatic rings. The fourth-order valence-electron chi connectivity index (χ4n) is 2.10. The third-order valence-electron chi connectivity index (χ3n) is 3.14. The van der Waals surface area contributed by atoms with Gasteiger partial charge in [-0.3, -0.25) is 4.90 Å². The Morgan fingerprint density at radius 2 is 2.11 bits per heavy atom. The third kappa shape index (κ3) is 2.92. The summed E-state index contributed by atoms with van der Waals surface area (Å²) < 4.78 is 5.42. The number of nitrogens with zero attached hydrogens (tertiary/aromatic N) is 2. The summed E-state index contributed by atoms with van der Waals surface area (Å²) in [6.45, 7) is 1.66. The van der Waals surface area contributed by atoms with Crippen LogP contribution in [0.15, 0.2) is 41.0 Å². The zero-order chi connectivity index (χ0) is 12.4. The molecular formula is C14H15ClN2O. The number of hydrogen-bond donors (Lipinski definition) is 0. The number of aromatic nitrogens is 1. The summed E-state index contributed by atoms with van der Waals surface area (Å²) in [5.41, 5.74) is 1.01. The van der Waals surface area contributed by atoms with E-state index < -0.39 is 0 Å². The molecule has 0 saturated heterocycles. The minimum atomic E-state index is 0.557. The number of hydrogen-bond acceptors (Lipinski definition) is 3. The Morgan fingerprint density at radius 1 is 1.22 bits per heavy atom. The quantitative estimate of drug-likeness (QED) is 0.773. The molecular weight excluding hydrogens is 248 g/mol. The Labute approximate surface area is 111 Å². The predicted octanol–water partition coefficient (Wildman–Crippen LogP) is 3.49. The lowest BCUT2D eigenvalue weighted by molar-refractivity contribution is 0.222. The molecule has 2 aromatic heterocycles. The highest BCUT2D eigenvalue weighted by molar-refractivity contribution is 6.29. The highest BCUT2D eigenvalue weighted by Crippen LogP contribution is 2.29. The van der Waals surface area contributed by atoms with Gasteiger partial charge in [-0.15, -0.1) is 0 Å². The van der Waals surface area contributed by atoms with Gasteiger partial charge in [-0.25, -0.2) is 4.98 Å². The van der Waals surface area contributed by atoms with Crippen LogP contribution in [0.25, 0.3) is 0 Å². The first-order chi connectivity index (χ1) is 8.81. The minimum absolute atomic E-state index is 0.557. The van der Waals surface area contributed by atoms with Gasteiger partial charge >= 0.3 is 0 Å². The molecule has 0 atom stereocenters. The summed E-state index contributed by atoms with van der Waals surface area (Å²) in [7, 11) is 0. The summed E-state index contributed by atoms with van der Waals surface area (Å²) in [5.74, 6) is 1.00. The highest BCUT2D eigenvalue weighted by Gasteiger charge is 2.29. The Hall–Kier alpha value is -1.32. The number of furan rings is 1. The van der Waals surface area contributed by atoms with Crippen LogP contribution in [0.1, 0.15) is 24.3 Å². The van der Waals surface area contributed by atoms with Crippen molar-refractivity contribution in [2.45, 2.75) is 32.0 Å². The maximum absolute atomic E-state index is 5.92. The van der Waals surface area contributed by atoms with Gasteiger partial charge in [0.05, 0.1) is 18.5 Å². The second-order valence-corrected chi connectivity index (χ2v) is 5.05. The third-order valence-corrected chi connectivity index (χ3v) is 3.35. The van der Waals surface area contributed by atoms with E-state index in [0.29, 0.717) is 11.2 Å². The smallest absolute Gasteiger partial charge is 0.129 e. The fourth-order valence-corrected chi connectivity index (χ4v) is 2.28. The summed E-state index contributed by atoms with van der Waals surface area (Å²) in [6, 6.07) is 10.4. The predicted molar refractivity (Wildman–Crippen MR) is 70.2 cm³/mol. The molecule has 0 N–H and O–H groups in total. The molecule has 0 aliphatic heterocycles. The van der Waals surface area contributed by atoms with Crippen LogP contribution in [-0.2, 0) is 13.1 Å². The number of halogens is 1. The van der Waals surface area contributed by atoms with Crippen LogP contribution in [0.5, 0.6) is 0 Å². The molecule has 1 aliphatic carbocycles. The topological polar surface area (TPSA) is 29.3 Å². The van der Waals surface area contributed by atoms with Gasteiger partial charge < -0.3 is 4.42 Å². The molecule has 0 radical (unpaired) electrons. The van der Waals surface area contributed by atoms with Crippen molar-refractivity contribution in [2.75, 3.05) is 0 Å². The van der Waals surface area contributed by atoms with E-state index >= 15 is 0 Å². The molecule has 1 saturated carbocycles. The van der Waals surface area contributed by atoms with Gasteiger partial charge in [0.25, 0.3) is 0 Å². The highest BCUT2D eigenvalue weighted by atomic mass is 35.5. The van der Waals surface area contributed by atoms with Gasteiger partial charge in [-0.1, -0.05) is 17.7 Å². The SMILES string of the molecule is Clc1cccc(CN(Cc2ccco2)C2CC2)n1. The second kappa shape index (κ2) is 5.12. The van der Waals surface area contributed by atoms with Crippen molar-refractivity contribution < 1.29 is 4.42 Å². The van der Waals surface area contributed by atoms with Crippen molar-refractivity contribution in [2.24, 2.45) is 0 Å². The average Bonchev–Trinajstić information content (AvgIpc) is 3.08. The first-order valence-corrected chi connectivity index (χ1v) is 6.57. The fraction of sp³-hybridized carbons (Fsp3) is 0.357. The van der Waals surface area contributed by atoms with Crippen LogP contribution in [0.2, 0.25) is 5.15 Å². The van der Waals surface area contributed by atoms with Gasteiger partial charge in [-0.05, 0) is 37.1 Å². The molecule has 4 heteroatoms. The van der Waals surface area contributed by atoms with E-state index in [-0.39, 0.29) is 0 Å². The molecule has 18 heavy (non-hydrogen) atoms. The van der Waals surface area contributed by atoms with Crippen LogP contribution in [0.3, 0.4) is 0 Å². The van der Waals surface area contributed by atoms with E-state index in [1.54, 1.807) is 12.3 Å². The van der Waals surface area contributed by atoms with E-state index in [0.717, 1.165) is 24.5 Å². The van der Waals surface area contributed by atoms with Gasteiger partial charge in [0.2, 0.25) is 0 Å². The number of rotatable bonds is 5. The molecule has 0 spiro atoms. The van der Waals surface area contributed by atoms with Crippen molar-refractivity contribution in [3.63, 3.8) is 0 Å². The van der Waals surface area contributed by atoms with Crippen molar-refractivity contribution >= 4 is 11.6 Å². The van der Waals surface area contributed by atoms with Gasteiger partial charge in [-0.2, -0.15) is 0 Å². The van der Waals surface area contributed by atoms with Gasteiger partial charge in [0.1, 0.15) is 10.9 Å². The Kier molecular flexibility index (Phi) is 3.35. The van der Waals surface area contributed by atoms with E-state index in [4.69, 9.17) is 16.0 Å². The van der Waals surface area contributed by atoms with Crippen LogP contribution in [0.4, 0.5) is 0 Å². The molecule has 1 aliphatic rings. The summed E-state index contributed by atoms with van der Waals surface area (Å²) in [5, 5.41) is 0.557. The standard InChI is InChI=1S/C14H15ClN2O/c15-14-5-1-3-11(16-14)9-17(12-6-7-12)10-13-4-2-8-18-13/h1-5,8,12H,6-7,9-10H2. The Morgan fingerprint density at radius 3 is 2.78 bits per heavy atom. The number of pyridine rings is 1. The lowest BCUT2D eigenvalue weighted by atomic mass is 10.3. The maximum atomic E-state index is 5.92. The van der Waals surface area contributed by atoms with Crippen molar-refractivity contribution in [3.05, 3.63) is 53.2 Å². The lowest BCUT2D eigenvalue weighted by Crippen LogP contribution is -2.25. The van der Waals surface area contributed by atoms with Crippen LogP contribution in [0, 0.1) is 0 Å². The molecule has 0 aromatic carbocycles. The summed E-state index contributed by atoms with van der Waals surface area (Å²) in [4.78, 5) is 6.75. The van der Waals surface area contributed by atoms with Crippen molar-refractivity contribution in [3.8, 4) is 0 Å². The Balaban J connectivity index is 1.70. The van der Waals surface area contributed by atoms with Crippen LogP contribution >= 0.6 is 11.6 Å². The lowest BCUT2D eigenvalue weighted by Gasteiger charge is -2.20. The molecule has 94 valence electrons.